The molecule has 1 aromatic rings. The summed E-state index contributed by atoms with van der Waals surface area (Å²) in [6, 6.07) is 6.00. The molecule has 0 radical (unpaired) electrons. The van der Waals surface area contributed by atoms with Crippen LogP contribution in [0.1, 0.15) is 46.6 Å². The molecule has 3 aliphatic heterocycles. The van der Waals surface area contributed by atoms with Gasteiger partial charge in [-0.15, -0.1) is 0 Å². The van der Waals surface area contributed by atoms with Gasteiger partial charge in [0.1, 0.15) is 11.2 Å². The molecule has 3 aliphatic rings. The number of benzene rings is 1. The van der Waals surface area contributed by atoms with E-state index < -0.39 is 23.3 Å². The summed E-state index contributed by atoms with van der Waals surface area (Å²) >= 11 is 0. The van der Waals surface area contributed by atoms with Crippen molar-refractivity contribution in [1.82, 2.24) is 5.32 Å². The standard InChI is InChI=1S/C25H36N4O4/c1-14-12-29-22-7-6-21(28-9-8-19(13-28)15(2)26)10-20(22)11-25(17(4)30,23(29)16(3)33-14)24(32)27-18(5)31/h6-7,10,14-16,19,23H,8-9,11-13,26H2,1-5H3,(H,27,31,32)/t14-,15-,16+,19?,23-,25+/m1/s1. The second-order valence-corrected chi connectivity index (χ2v) is 10.1. The van der Waals surface area contributed by atoms with E-state index in [9.17, 15) is 14.4 Å². The summed E-state index contributed by atoms with van der Waals surface area (Å²) < 4.78 is 6.09. The molecule has 8 nitrogen and oxygen atoms in total. The zero-order valence-electron chi connectivity index (χ0n) is 20.3. The summed E-state index contributed by atoms with van der Waals surface area (Å²) in [5, 5.41) is 2.41. The van der Waals surface area contributed by atoms with Crippen LogP contribution in [0.15, 0.2) is 18.2 Å². The van der Waals surface area contributed by atoms with Crippen LogP contribution in [-0.2, 0) is 25.5 Å². The van der Waals surface area contributed by atoms with Crippen LogP contribution in [0, 0.1) is 11.3 Å². The van der Waals surface area contributed by atoms with Crippen LogP contribution in [-0.4, -0.2) is 61.5 Å². The van der Waals surface area contributed by atoms with Crippen molar-refractivity contribution in [2.45, 2.75) is 71.8 Å². The number of hydrogen-bond donors (Lipinski definition) is 2. The van der Waals surface area contributed by atoms with E-state index in [-0.39, 0.29) is 30.5 Å². The molecule has 6 atom stereocenters. The van der Waals surface area contributed by atoms with Crippen LogP contribution in [0.4, 0.5) is 11.4 Å². The van der Waals surface area contributed by atoms with E-state index in [1.54, 1.807) is 0 Å². The molecule has 3 heterocycles. The van der Waals surface area contributed by atoms with Crippen molar-refractivity contribution in [3.05, 3.63) is 23.8 Å². The van der Waals surface area contributed by atoms with Gasteiger partial charge in [0.05, 0.1) is 18.2 Å². The molecular weight excluding hydrogens is 420 g/mol. The summed E-state index contributed by atoms with van der Waals surface area (Å²) in [7, 11) is 0. The number of hydrogen-bond acceptors (Lipinski definition) is 7. The van der Waals surface area contributed by atoms with E-state index in [0.717, 1.165) is 36.4 Å². The normalized spacial score (nSPS) is 32.1. The largest absolute Gasteiger partial charge is 0.372 e. The Balaban J connectivity index is 1.79. The maximum atomic E-state index is 13.5. The molecule has 0 saturated carbocycles. The second-order valence-electron chi connectivity index (χ2n) is 10.1. The first-order chi connectivity index (χ1) is 15.5. The molecule has 2 amide bonds. The van der Waals surface area contributed by atoms with Gasteiger partial charge < -0.3 is 20.3 Å². The minimum Gasteiger partial charge on any atom is -0.372 e. The van der Waals surface area contributed by atoms with Crippen molar-refractivity contribution in [2.24, 2.45) is 17.1 Å². The Bertz CT molecular complexity index is 964. The van der Waals surface area contributed by atoms with Gasteiger partial charge >= 0.3 is 0 Å². The maximum Gasteiger partial charge on any atom is 0.242 e. The number of morpholine rings is 1. The van der Waals surface area contributed by atoms with Gasteiger partial charge in [-0.25, -0.2) is 0 Å². The van der Waals surface area contributed by atoms with E-state index in [1.165, 1.54) is 13.8 Å². The number of rotatable bonds is 4. The quantitative estimate of drug-likeness (QED) is 0.664. The van der Waals surface area contributed by atoms with Crippen LogP contribution in [0.3, 0.4) is 0 Å². The number of imide groups is 1. The molecule has 2 fully saturated rings. The number of nitrogens with zero attached hydrogens (tertiary/aromatic N) is 2. The number of nitrogens with one attached hydrogen (secondary N) is 1. The van der Waals surface area contributed by atoms with Crippen molar-refractivity contribution in [3.8, 4) is 0 Å². The highest BCUT2D eigenvalue weighted by molar-refractivity contribution is 6.11. The molecule has 4 rings (SSSR count). The molecule has 180 valence electrons. The number of carbonyl (C=O) groups excluding carboxylic acids is 3. The lowest BCUT2D eigenvalue weighted by Crippen LogP contribution is -2.69. The van der Waals surface area contributed by atoms with Gasteiger partial charge in [0.25, 0.3) is 0 Å². The fraction of sp³-hybridized carbons (Fsp3) is 0.640. The number of amides is 2. The van der Waals surface area contributed by atoms with Gasteiger partial charge in [-0.3, -0.25) is 19.7 Å². The van der Waals surface area contributed by atoms with Crippen LogP contribution in [0.25, 0.3) is 0 Å². The molecule has 8 heteroatoms. The first-order valence-electron chi connectivity index (χ1n) is 11.9. The fourth-order valence-corrected chi connectivity index (χ4v) is 6.07. The van der Waals surface area contributed by atoms with E-state index in [4.69, 9.17) is 10.5 Å². The van der Waals surface area contributed by atoms with E-state index in [0.29, 0.717) is 12.5 Å². The van der Waals surface area contributed by atoms with Gasteiger partial charge in [-0.05, 0) is 70.2 Å². The second kappa shape index (κ2) is 8.72. The first kappa shape index (κ1) is 23.7. The minimum atomic E-state index is -1.41. The van der Waals surface area contributed by atoms with Crippen molar-refractivity contribution in [1.29, 1.82) is 0 Å². The van der Waals surface area contributed by atoms with Gasteiger partial charge in [0.15, 0.2) is 0 Å². The van der Waals surface area contributed by atoms with Crippen molar-refractivity contribution in [2.75, 3.05) is 29.4 Å². The van der Waals surface area contributed by atoms with Crippen molar-refractivity contribution < 1.29 is 19.1 Å². The third kappa shape index (κ3) is 4.04. The lowest BCUT2D eigenvalue weighted by molar-refractivity contribution is -0.151. The first-order valence-corrected chi connectivity index (χ1v) is 11.9. The Morgan fingerprint density at radius 2 is 1.94 bits per heavy atom. The monoisotopic (exact) mass is 456 g/mol. The molecule has 1 aromatic carbocycles. The number of ketones is 1. The predicted octanol–water partition coefficient (Wildman–Crippen LogP) is 1.64. The Morgan fingerprint density at radius 3 is 2.55 bits per heavy atom. The third-order valence-corrected chi connectivity index (χ3v) is 7.68. The highest BCUT2D eigenvalue weighted by Gasteiger charge is 2.59. The summed E-state index contributed by atoms with van der Waals surface area (Å²) in [5.41, 5.74) is 7.78. The Kier molecular flexibility index (Phi) is 6.26. The molecular formula is C25H36N4O4. The minimum absolute atomic E-state index is 0.0483. The Hall–Kier alpha value is -2.45. The fourth-order valence-electron chi connectivity index (χ4n) is 6.07. The van der Waals surface area contributed by atoms with Crippen LogP contribution in [0.2, 0.25) is 0 Å². The van der Waals surface area contributed by atoms with Crippen LogP contribution in [0.5, 0.6) is 0 Å². The molecule has 0 bridgehead atoms. The molecule has 3 N–H and O–H groups in total. The molecule has 33 heavy (non-hydrogen) atoms. The lowest BCUT2D eigenvalue weighted by atomic mass is 9.65. The Labute approximate surface area is 195 Å². The molecule has 2 saturated heterocycles. The number of carbonyl (C=O) groups is 3. The smallest absolute Gasteiger partial charge is 0.242 e. The maximum absolute atomic E-state index is 13.5. The number of nitrogens with two attached hydrogens (primary N) is 1. The number of anilines is 2. The Morgan fingerprint density at radius 1 is 1.21 bits per heavy atom. The summed E-state index contributed by atoms with van der Waals surface area (Å²) in [4.78, 5) is 43.0. The van der Waals surface area contributed by atoms with Gasteiger partial charge in [0.2, 0.25) is 11.8 Å². The summed E-state index contributed by atoms with van der Waals surface area (Å²) in [6.07, 6.45) is 0.882. The molecule has 0 spiro atoms. The van der Waals surface area contributed by atoms with E-state index in [1.807, 2.05) is 13.8 Å². The average Bonchev–Trinajstić information content (AvgIpc) is 3.22. The topological polar surface area (TPSA) is 105 Å². The zero-order chi connectivity index (χ0) is 24.1. The summed E-state index contributed by atoms with van der Waals surface area (Å²) in [5.74, 6) is -0.820. The predicted molar refractivity (Wildman–Crippen MR) is 127 cm³/mol. The van der Waals surface area contributed by atoms with E-state index >= 15 is 0 Å². The van der Waals surface area contributed by atoms with Crippen LogP contribution < -0.4 is 20.9 Å². The van der Waals surface area contributed by atoms with Crippen molar-refractivity contribution >= 4 is 29.0 Å². The summed E-state index contributed by atoms with van der Waals surface area (Å²) in [6.45, 7) is 11.1. The lowest BCUT2D eigenvalue weighted by Gasteiger charge is -2.55. The molecule has 1 unspecified atom stereocenters. The van der Waals surface area contributed by atoms with Gasteiger partial charge in [0, 0.05) is 44.0 Å². The average molecular weight is 457 g/mol. The van der Waals surface area contributed by atoms with E-state index in [2.05, 4.69) is 40.2 Å². The van der Waals surface area contributed by atoms with Gasteiger partial charge in [-0.2, -0.15) is 0 Å². The molecule has 0 aromatic heterocycles. The van der Waals surface area contributed by atoms with Crippen molar-refractivity contribution in [3.63, 3.8) is 0 Å². The highest BCUT2D eigenvalue weighted by atomic mass is 16.5. The van der Waals surface area contributed by atoms with Crippen LogP contribution >= 0.6 is 0 Å². The van der Waals surface area contributed by atoms with Gasteiger partial charge in [-0.1, -0.05) is 0 Å². The third-order valence-electron chi connectivity index (χ3n) is 7.68. The zero-order valence-corrected chi connectivity index (χ0v) is 20.3. The number of Topliss-reactive ketones (excluding diaryl/α,β-unsaturated/α-hetero) is 1. The SMILES string of the molecule is CC(=O)NC(=O)[C@]1(C(C)=O)Cc2cc(N3CCC([C@@H](C)N)C3)ccc2N2C[C@@H](C)O[C@@H](C)[C@@H]21. The highest BCUT2D eigenvalue weighted by Crippen LogP contribution is 2.47. The molecule has 0 aliphatic carbocycles. The number of ether oxygens (including phenoxy) is 1. The number of fused-ring (bicyclic) bond motifs is 3.